The van der Waals surface area contributed by atoms with Gasteiger partial charge in [0.2, 0.25) is 0 Å². The fraction of sp³-hybridized carbons (Fsp3) is 1.00. The second-order valence-corrected chi connectivity index (χ2v) is 16.2. The Morgan fingerprint density at radius 1 is 0.405 bits per heavy atom. The molecule has 0 radical (unpaired) electrons. The Morgan fingerprint density at radius 3 is 1.14 bits per heavy atom. The van der Waals surface area contributed by atoms with Gasteiger partial charge in [-0.05, 0) is 93.8 Å². The average molecular weight is 668 g/mol. The molecule has 8 aliphatic carbocycles. The number of halogens is 13. The van der Waals surface area contributed by atoms with Gasteiger partial charge in [-0.2, -0.15) is 52.7 Å². The van der Waals surface area contributed by atoms with Crippen molar-refractivity contribution >= 4 is 22.6 Å². The van der Waals surface area contributed by atoms with E-state index >= 15 is 0 Å². The summed E-state index contributed by atoms with van der Waals surface area (Å²) in [4.78, 5) is 0. The lowest BCUT2D eigenvalue weighted by atomic mass is 9.27. The molecule has 0 amide bonds. The van der Waals surface area contributed by atoms with Crippen molar-refractivity contribution in [1.82, 2.24) is 0 Å². The van der Waals surface area contributed by atoms with Gasteiger partial charge < -0.3 is 0 Å². The van der Waals surface area contributed by atoms with Crippen LogP contribution >= 0.6 is 22.6 Å². The van der Waals surface area contributed by atoms with Crippen molar-refractivity contribution in [2.24, 2.45) is 38.4 Å². The molecule has 0 aromatic carbocycles. The Labute approximate surface area is 218 Å². The maximum Gasteiger partial charge on any atom is 0.394 e. The second kappa shape index (κ2) is 6.68. The van der Waals surface area contributed by atoms with Crippen LogP contribution in [0.1, 0.15) is 77.0 Å². The lowest BCUT2D eigenvalue weighted by Gasteiger charge is -2.78. The molecular formula is C24H25F12I. The van der Waals surface area contributed by atoms with Crippen LogP contribution in [0.25, 0.3) is 0 Å². The van der Waals surface area contributed by atoms with Crippen LogP contribution < -0.4 is 0 Å². The van der Waals surface area contributed by atoms with Crippen molar-refractivity contribution in [1.29, 1.82) is 0 Å². The molecule has 0 aliphatic heterocycles. The zero-order chi connectivity index (χ0) is 27.6. The molecule has 4 unspecified atom stereocenters. The van der Waals surface area contributed by atoms with Crippen LogP contribution in [0, 0.1) is 38.4 Å². The van der Waals surface area contributed by atoms with Gasteiger partial charge in [-0.15, -0.1) is 0 Å². The molecule has 212 valence electrons. The first-order valence-electron chi connectivity index (χ1n) is 12.4. The molecule has 8 saturated carbocycles. The van der Waals surface area contributed by atoms with E-state index in [0.717, 1.165) is 0 Å². The van der Waals surface area contributed by atoms with E-state index in [9.17, 15) is 52.7 Å². The van der Waals surface area contributed by atoms with E-state index in [2.05, 4.69) is 0 Å². The van der Waals surface area contributed by atoms with Crippen molar-refractivity contribution in [3.05, 3.63) is 0 Å². The molecule has 8 bridgehead atoms. The van der Waals surface area contributed by atoms with E-state index in [1.165, 1.54) is 0 Å². The lowest BCUT2D eigenvalue weighted by Crippen LogP contribution is -2.75. The van der Waals surface area contributed by atoms with Crippen molar-refractivity contribution in [2.45, 2.75) is 105 Å². The van der Waals surface area contributed by atoms with Crippen LogP contribution in [0.5, 0.6) is 0 Å². The first-order chi connectivity index (χ1) is 16.4. The molecule has 0 heterocycles. The Hall–Kier alpha value is -0.110. The fourth-order valence-corrected chi connectivity index (χ4v) is 13.5. The number of rotatable bonds is 1. The van der Waals surface area contributed by atoms with Crippen molar-refractivity contribution in [3.63, 3.8) is 0 Å². The molecule has 0 N–H and O–H groups in total. The van der Waals surface area contributed by atoms with Crippen LogP contribution in [-0.2, 0) is 0 Å². The summed E-state index contributed by atoms with van der Waals surface area (Å²) in [5, 5.41) is 0. The van der Waals surface area contributed by atoms with Gasteiger partial charge in [0.05, 0.1) is 21.7 Å². The number of alkyl halides is 13. The van der Waals surface area contributed by atoms with Crippen LogP contribution in [0.3, 0.4) is 0 Å². The molecule has 0 saturated heterocycles. The number of hydrogen-bond donors (Lipinski definition) is 0. The molecule has 0 nitrogen and oxygen atoms in total. The average Bonchev–Trinajstić information content (AvgIpc) is 2.61. The van der Waals surface area contributed by atoms with Gasteiger partial charge in [0.1, 0.15) is 0 Å². The molecule has 0 spiro atoms. The normalized spacial score (nSPS) is 53.3. The van der Waals surface area contributed by atoms with Gasteiger partial charge in [-0.3, -0.25) is 0 Å². The minimum Gasteiger partial charge on any atom is -0.171 e. The fourth-order valence-electron chi connectivity index (χ4n) is 11.3. The summed E-state index contributed by atoms with van der Waals surface area (Å²) in [6.07, 6.45) is -28.5. The summed E-state index contributed by atoms with van der Waals surface area (Å²) >= 11 is 1.63. The minimum atomic E-state index is -5.06. The Balaban J connectivity index is 1.59. The standard InChI is InChI=1S/C24H25F12I/c25-21(26,27)15-2-13-1-14(4-15,5-16(3-13,6-15)22(28,29)30)17-7-18(23(31,32)33)9-19(8-17,24(34,35)36)12-20(37,10-17)11-18/h13H,1-12H2. The Morgan fingerprint density at radius 2 is 0.757 bits per heavy atom. The molecule has 8 fully saturated rings. The predicted octanol–water partition coefficient (Wildman–Crippen LogP) is 9.71. The molecular weight excluding hydrogens is 643 g/mol. The van der Waals surface area contributed by atoms with Crippen LogP contribution in [-0.4, -0.2) is 28.1 Å². The highest BCUT2D eigenvalue weighted by molar-refractivity contribution is 14.1. The minimum absolute atomic E-state index is 0.169. The first kappa shape index (κ1) is 27.1. The third kappa shape index (κ3) is 3.18. The van der Waals surface area contributed by atoms with E-state index in [-0.39, 0.29) is 12.8 Å². The quantitative estimate of drug-likeness (QED) is 0.148. The maximum atomic E-state index is 14.7. The third-order valence-corrected chi connectivity index (χ3v) is 12.7. The Kier molecular flexibility index (Phi) is 4.89. The van der Waals surface area contributed by atoms with Gasteiger partial charge >= 0.3 is 24.7 Å². The first-order valence-corrected chi connectivity index (χ1v) is 13.4. The Bertz CT molecular complexity index is 959. The SMILES string of the molecule is FC(F)(F)C12CC3CC(C(F)(F)F)(C1)CC(C14CC5(I)CC(C(F)(F)F)(CC(C(F)(F)F)(C5)C1)C4)(C3)C2. The zero-order valence-electron chi connectivity index (χ0n) is 19.5. The van der Waals surface area contributed by atoms with Crippen molar-refractivity contribution in [2.75, 3.05) is 0 Å². The van der Waals surface area contributed by atoms with Gasteiger partial charge in [0.25, 0.3) is 0 Å². The zero-order valence-corrected chi connectivity index (χ0v) is 21.6. The topological polar surface area (TPSA) is 0 Å². The number of hydrogen-bond acceptors (Lipinski definition) is 0. The summed E-state index contributed by atoms with van der Waals surface area (Å²) in [6, 6.07) is 0. The van der Waals surface area contributed by atoms with E-state index in [4.69, 9.17) is 0 Å². The summed E-state index contributed by atoms with van der Waals surface area (Å²) in [6.45, 7) is 0. The van der Waals surface area contributed by atoms with Crippen molar-refractivity contribution < 1.29 is 52.7 Å². The predicted molar refractivity (Wildman–Crippen MR) is 114 cm³/mol. The molecule has 37 heavy (non-hydrogen) atoms. The summed E-state index contributed by atoms with van der Waals surface area (Å²) in [5.41, 5.74) is -14.8. The van der Waals surface area contributed by atoms with E-state index in [1.54, 1.807) is 22.6 Å². The monoisotopic (exact) mass is 668 g/mol. The second-order valence-electron chi connectivity index (χ2n) is 13.9. The maximum absolute atomic E-state index is 14.7. The van der Waals surface area contributed by atoms with Gasteiger partial charge in [0.15, 0.2) is 0 Å². The van der Waals surface area contributed by atoms with Gasteiger partial charge in [-0.25, -0.2) is 0 Å². The lowest BCUT2D eigenvalue weighted by molar-refractivity contribution is -0.397. The van der Waals surface area contributed by atoms with Gasteiger partial charge in [-0.1, -0.05) is 22.6 Å². The molecule has 8 aliphatic rings. The highest BCUT2D eigenvalue weighted by Gasteiger charge is 2.85. The van der Waals surface area contributed by atoms with Crippen LogP contribution in [0.2, 0.25) is 0 Å². The van der Waals surface area contributed by atoms with Gasteiger partial charge in [0, 0.05) is 3.42 Å². The highest BCUT2D eigenvalue weighted by Crippen LogP contribution is 2.87. The molecule has 0 aromatic heterocycles. The highest BCUT2D eigenvalue weighted by atomic mass is 127. The molecule has 8 rings (SSSR count). The summed E-state index contributed by atoms with van der Waals surface area (Å²) in [5.74, 6) is -1.04. The molecule has 4 atom stereocenters. The van der Waals surface area contributed by atoms with Crippen molar-refractivity contribution in [3.8, 4) is 0 Å². The smallest absolute Gasteiger partial charge is 0.171 e. The van der Waals surface area contributed by atoms with E-state index in [0.29, 0.717) is 0 Å². The summed E-state index contributed by atoms with van der Waals surface area (Å²) < 4.78 is 174. The third-order valence-electron chi connectivity index (χ3n) is 11.6. The van der Waals surface area contributed by atoms with Crippen LogP contribution in [0.4, 0.5) is 52.7 Å². The van der Waals surface area contributed by atoms with E-state index < -0.39 is 131 Å². The summed E-state index contributed by atoms with van der Waals surface area (Å²) in [7, 11) is 0. The largest absolute Gasteiger partial charge is 0.394 e. The molecule has 13 heteroatoms. The van der Waals surface area contributed by atoms with Crippen LogP contribution in [0.15, 0.2) is 0 Å². The van der Waals surface area contributed by atoms with E-state index in [1.807, 2.05) is 0 Å². The molecule has 0 aromatic rings.